The van der Waals surface area contributed by atoms with Crippen LogP contribution in [0.15, 0.2) is 40.3 Å². The third kappa shape index (κ3) is 4.10. The highest BCUT2D eigenvalue weighted by atomic mass is 19.3. The van der Waals surface area contributed by atoms with Crippen LogP contribution in [-0.4, -0.2) is 59.9 Å². The van der Waals surface area contributed by atoms with Crippen molar-refractivity contribution in [1.29, 1.82) is 0 Å². The Kier molecular flexibility index (Phi) is 5.67. The summed E-state index contributed by atoms with van der Waals surface area (Å²) in [6, 6.07) is 1.93. The van der Waals surface area contributed by atoms with Crippen LogP contribution < -0.4 is 10.6 Å². The molecule has 1 fully saturated rings. The Morgan fingerprint density at radius 2 is 2.31 bits per heavy atom. The zero-order valence-electron chi connectivity index (χ0n) is 14.3. The number of nitrogens with zero attached hydrogens (tertiary/aromatic N) is 6. The van der Waals surface area contributed by atoms with Crippen molar-refractivity contribution in [2.45, 2.75) is 25.3 Å². The molecule has 0 amide bonds. The second-order valence-electron chi connectivity index (χ2n) is 6.10. The van der Waals surface area contributed by atoms with Crippen molar-refractivity contribution in [1.82, 2.24) is 14.9 Å². The summed E-state index contributed by atoms with van der Waals surface area (Å²) in [5.74, 6) is 1.14. The number of alkyl halides is 2. The summed E-state index contributed by atoms with van der Waals surface area (Å²) in [5, 5.41) is 0. The maximum atomic E-state index is 13.0. The number of piperidine rings is 1. The highest BCUT2D eigenvalue weighted by Crippen LogP contribution is 2.24. The van der Waals surface area contributed by atoms with E-state index in [4.69, 9.17) is 5.73 Å². The summed E-state index contributed by atoms with van der Waals surface area (Å²) < 4.78 is 26.0. The van der Waals surface area contributed by atoms with Gasteiger partial charge in [-0.15, -0.1) is 0 Å². The summed E-state index contributed by atoms with van der Waals surface area (Å²) in [6.07, 6.45) is 5.15. The van der Waals surface area contributed by atoms with Crippen LogP contribution in [0.4, 0.5) is 14.6 Å². The second kappa shape index (κ2) is 8.13. The Balaban J connectivity index is 1.89. The first-order valence-electron chi connectivity index (χ1n) is 8.37. The molecular formula is C17H21F2N7. The predicted molar refractivity (Wildman–Crippen MR) is 98.3 cm³/mol. The van der Waals surface area contributed by atoms with Gasteiger partial charge in [0.25, 0.3) is 6.43 Å². The average Bonchev–Trinajstić information content (AvgIpc) is 2.66. The van der Waals surface area contributed by atoms with Crippen molar-refractivity contribution in [3.05, 3.63) is 36.2 Å². The van der Waals surface area contributed by atoms with E-state index in [2.05, 4.69) is 31.6 Å². The minimum Gasteiger partial charge on any atom is -0.355 e. The van der Waals surface area contributed by atoms with Crippen molar-refractivity contribution in [3.8, 4) is 0 Å². The van der Waals surface area contributed by atoms with Crippen molar-refractivity contribution in [3.63, 3.8) is 0 Å². The van der Waals surface area contributed by atoms with E-state index in [9.17, 15) is 8.78 Å². The van der Waals surface area contributed by atoms with Crippen LogP contribution in [0, 0.1) is 0 Å². The van der Waals surface area contributed by atoms with Gasteiger partial charge >= 0.3 is 0 Å². The highest BCUT2D eigenvalue weighted by Gasteiger charge is 2.22. The average molecular weight is 361 g/mol. The molecule has 1 unspecified atom stereocenters. The number of aliphatic imine (C=N–C) groups is 2. The number of aromatic nitrogens is 2. The second-order valence-corrected chi connectivity index (χ2v) is 6.10. The van der Waals surface area contributed by atoms with Gasteiger partial charge in [-0.25, -0.2) is 18.7 Å². The quantitative estimate of drug-likeness (QED) is 0.810. The Bertz CT molecular complexity index is 744. The van der Waals surface area contributed by atoms with Crippen LogP contribution in [0.2, 0.25) is 0 Å². The lowest BCUT2D eigenvalue weighted by molar-refractivity contribution is 0.185. The molecule has 0 saturated carbocycles. The molecule has 0 aromatic carbocycles. The standard InChI is InChI=1S/C17H21F2N7/c1-21-9-14(25-8-6-22-13(11-25)16(18)19)17-23-5-4-15(24-17)26-7-2-3-12(20)10-26/h4-6,9,11-12,16H,1-3,7-8,10,20H2/b14-9-. The van der Waals surface area contributed by atoms with Crippen LogP contribution >= 0.6 is 0 Å². The smallest absolute Gasteiger partial charge is 0.281 e. The predicted octanol–water partition coefficient (Wildman–Crippen LogP) is 1.90. The molecular weight excluding hydrogens is 340 g/mol. The van der Waals surface area contributed by atoms with Gasteiger partial charge in [-0.2, -0.15) is 0 Å². The summed E-state index contributed by atoms with van der Waals surface area (Å²) in [5.41, 5.74) is 6.21. The lowest BCUT2D eigenvalue weighted by Crippen LogP contribution is -2.43. The lowest BCUT2D eigenvalue weighted by Gasteiger charge is -2.32. The van der Waals surface area contributed by atoms with E-state index in [-0.39, 0.29) is 11.7 Å². The fraction of sp³-hybridized carbons (Fsp3) is 0.412. The first-order chi connectivity index (χ1) is 12.6. The van der Waals surface area contributed by atoms with Crippen LogP contribution in [0.25, 0.3) is 5.70 Å². The molecule has 2 aliphatic heterocycles. The van der Waals surface area contributed by atoms with E-state index in [1.54, 1.807) is 11.1 Å². The number of hydrogen-bond acceptors (Lipinski definition) is 7. The van der Waals surface area contributed by atoms with E-state index in [0.717, 1.165) is 31.7 Å². The Morgan fingerprint density at radius 3 is 3.04 bits per heavy atom. The van der Waals surface area contributed by atoms with Gasteiger partial charge in [0.15, 0.2) is 5.82 Å². The fourth-order valence-electron chi connectivity index (χ4n) is 2.97. The van der Waals surface area contributed by atoms with Gasteiger partial charge in [0.05, 0.1) is 12.7 Å². The minimum atomic E-state index is -2.66. The molecule has 1 saturated heterocycles. The molecule has 0 radical (unpaired) electrons. The Morgan fingerprint density at radius 1 is 1.46 bits per heavy atom. The molecule has 3 heterocycles. The largest absolute Gasteiger partial charge is 0.355 e. The molecule has 138 valence electrons. The van der Waals surface area contributed by atoms with Gasteiger partial charge in [-0.05, 0) is 25.6 Å². The Labute approximate surface area is 150 Å². The summed E-state index contributed by atoms with van der Waals surface area (Å²) >= 11 is 0. The number of hydrogen-bond donors (Lipinski definition) is 1. The maximum absolute atomic E-state index is 13.0. The summed E-state index contributed by atoms with van der Waals surface area (Å²) in [6.45, 7) is 5.37. The van der Waals surface area contributed by atoms with Gasteiger partial charge in [-0.1, -0.05) is 0 Å². The number of allylic oxidation sites excluding steroid dienone is 1. The number of rotatable bonds is 5. The number of anilines is 1. The summed E-state index contributed by atoms with van der Waals surface area (Å²) in [7, 11) is 0. The number of halogens is 2. The third-order valence-electron chi connectivity index (χ3n) is 4.21. The summed E-state index contributed by atoms with van der Waals surface area (Å²) in [4.78, 5) is 20.1. The van der Waals surface area contributed by atoms with Crippen LogP contribution in [0.1, 0.15) is 18.7 Å². The SMILES string of the molecule is C=N/C=C(/c1nccc(N2CCCC(N)C2)n1)N1C=C(C(F)F)N=CC1. The fourth-order valence-corrected chi connectivity index (χ4v) is 2.97. The molecule has 7 nitrogen and oxygen atoms in total. The van der Waals surface area contributed by atoms with E-state index in [1.165, 1.54) is 18.6 Å². The van der Waals surface area contributed by atoms with Crippen molar-refractivity contribution in [2.75, 3.05) is 24.5 Å². The van der Waals surface area contributed by atoms with E-state index in [0.29, 0.717) is 18.1 Å². The molecule has 9 heteroatoms. The molecule has 26 heavy (non-hydrogen) atoms. The van der Waals surface area contributed by atoms with Gasteiger partial charge < -0.3 is 15.5 Å². The molecule has 1 aromatic rings. The maximum Gasteiger partial charge on any atom is 0.281 e. The monoisotopic (exact) mass is 361 g/mol. The molecule has 2 aliphatic rings. The van der Waals surface area contributed by atoms with Gasteiger partial charge in [0, 0.05) is 37.7 Å². The molecule has 0 bridgehead atoms. The topological polar surface area (TPSA) is 83.0 Å². The lowest BCUT2D eigenvalue weighted by atomic mass is 10.1. The highest BCUT2D eigenvalue weighted by molar-refractivity contribution is 5.70. The molecule has 1 atom stereocenters. The van der Waals surface area contributed by atoms with Crippen molar-refractivity contribution in [2.24, 2.45) is 15.7 Å². The van der Waals surface area contributed by atoms with E-state index >= 15 is 0 Å². The van der Waals surface area contributed by atoms with E-state index in [1.807, 2.05) is 6.07 Å². The van der Waals surface area contributed by atoms with Crippen molar-refractivity contribution < 1.29 is 8.78 Å². The molecule has 3 rings (SSSR count). The van der Waals surface area contributed by atoms with Crippen LogP contribution in [0.3, 0.4) is 0 Å². The van der Waals surface area contributed by atoms with Gasteiger partial charge in [0.1, 0.15) is 17.2 Å². The normalized spacial score (nSPS) is 21.2. The zero-order chi connectivity index (χ0) is 18.5. The minimum absolute atomic E-state index is 0.113. The molecule has 0 spiro atoms. The van der Waals surface area contributed by atoms with Gasteiger partial charge in [0.2, 0.25) is 0 Å². The Hall–Kier alpha value is -2.68. The van der Waals surface area contributed by atoms with Gasteiger partial charge in [-0.3, -0.25) is 9.98 Å². The van der Waals surface area contributed by atoms with Crippen molar-refractivity contribution >= 4 is 24.4 Å². The molecule has 0 aliphatic carbocycles. The van der Waals surface area contributed by atoms with Crippen LogP contribution in [-0.2, 0) is 0 Å². The van der Waals surface area contributed by atoms with E-state index < -0.39 is 6.43 Å². The zero-order valence-corrected chi connectivity index (χ0v) is 14.3. The molecule has 2 N–H and O–H groups in total. The molecule has 1 aromatic heterocycles. The van der Waals surface area contributed by atoms with Crippen LogP contribution in [0.5, 0.6) is 0 Å². The number of nitrogens with two attached hydrogens (primary N) is 1. The third-order valence-corrected chi connectivity index (χ3v) is 4.21. The first-order valence-corrected chi connectivity index (χ1v) is 8.37. The first kappa shape index (κ1) is 18.1.